The van der Waals surface area contributed by atoms with Gasteiger partial charge in [-0.3, -0.25) is 0 Å². The first-order chi connectivity index (χ1) is 9.31. The van der Waals surface area contributed by atoms with Gasteiger partial charge in [-0.25, -0.2) is 0 Å². The topological polar surface area (TPSA) is 12.0 Å². The summed E-state index contributed by atoms with van der Waals surface area (Å²) >= 11 is 5.61. The van der Waals surface area contributed by atoms with E-state index in [9.17, 15) is 0 Å². The van der Waals surface area contributed by atoms with Crippen molar-refractivity contribution in [3.8, 4) is 0 Å². The molecule has 1 N–H and O–H groups in total. The molecule has 0 aliphatic heterocycles. The first kappa shape index (κ1) is 15.4. The monoisotopic (exact) mass is 341 g/mol. The van der Waals surface area contributed by atoms with Gasteiger partial charge in [0.05, 0.1) is 0 Å². The maximum atomic E-state index is 3.69. The smallest absolute Gasteiger partial charge is 0.0210 e. The first-order valence-electron chi connectivity index (χ1n) is 7.28. The molecular formula is C16H24BrNS. The molecule has 1 aromatic rings. The molecule has 0 aromatic heterocycles. The lowest BCUT2D eigenvalue weighted by Crippen LogP contribution is -2.40. The Bertz CT molecular complexity index is 377. The van der Waals surface area contributed by atoms with Crippen LogP contribution >= 0.6 is 27.7 Å². The highest BCUT2D eigenvalue weighted by Gasteiger charge is 2.30. The van der Waals surface area contributed by atoms with Crippen LogP contribution in [0.4, 0.5) is 0 Å². The summed E-state index contributed by atoms with van der Waals surface area (Å²) < 4.78 is 1.27. The fourth-order valence-electron chi connectivity index (χ4n) is 2.70. The zero-order valence-electron chi connectivity index (χ0n) is 11.7. The van der Waals surface area contributed by atoms with Crippen molar-refractivity contribution in [2.24, 2.45) is 0 Å². The van der Waals surface area contributed by atoms with Crippen molar-refractivity contribution in [3.05, 3.63) is 34.3 Å². The highest BCUT2D eigenvalue weighted by molar-refractivity contribution is 9.10. The number of hydrogen-bond donors (Lipinski definition) is 1. The lowest BCUT2D eigenvalue weighted by molar-refractivity contribution is 0.289. The molecule has 0 atom stereocenters. The average molecular weight is 342 g/mol. The number of unbranched alkanes of at least 4 members (excludes halogenated alkanes) is 2. The van der Waals surface area contributed by atoms with Crippen LogP contribution in [-0.4, -0.2) is 24.6 Å². The van der Waals surface area contributed by atoms with E-state index in [0.717, 1.165) is 12.0 Å². The van der Waals surface area contributed by atoms with Gasteiger partial charge in [0.15, 0.2) is 0 Å². The van der Waals surface area contributed by atoms with Gasteiger partial charge in [0, 0.05) is 10.5 Å². The lowest BCUT2D eigenvalue weighted by Gasteiger charge is -2.37. The SMILES string of the molecule is CSCCCCCNC1CC(c2ccccc2Br)C1. The number of rotatable bonds is 8. The molecule has 1 aliphatic rings. The minimum absolute atomic E-state index is 0.748. The van der Waals surface area contributed by atoms with Crippen molar-refractivity contribution in [2.45, 2.75) is 44.1 Å². The summed E-state index contributed by atoms with van der Waals surface area (Å²) in [7, 11) is 0. The summed E-state index contributed by atoms with van der Waals surface area (Å²) in [5, 5.41) is 3.69. The molecule has 1 saturated carbocycles. The first-order valence-corrected chi connectivity index (χ1v) is 9.46. The molecule has 1 nitrogen and oxygen atoms in total. The summed E-state index contributed by atoms with van der Waals surface area (Å²) in [6.07, 6.45) is 8.85. The van der Waals surface area contributed by atoms with Gasteiger partial charge in [0.2, 0.25) is 0 Å². The van der Waals surface area contributed by atoms with E-state index in [-0.39, 0.29) is 0 Å². The van der Waals surface area contributed by atoms with E-state index in [1.807, 2.05) is 11.8 Å². The number of nitrogens with one attached hydrogen (secondary N) is 1. The third kappa shape index (κ3) is 4.80. The van der Waals surface area contributed by atoms with Crippen LogP contribution in [0.2, 0.25) is 0 Å². The van der Waals surface area contributed by atoms with E-state index in [2.05, 4.69) is 51.8 Å². The van der Waals surface area contributed by atoms with E-state index in [1.54, 1.807) is 0 Å². The van der Waals surface area contributed by atoms with Crippen molar-refractivity contribution < 1.29 is 0 Å². The minimum atomic E-state index is 0.748. The zero-order valence-corrected chi connectivity index (χ0v) is 14.1. The van der Waals surface area contributed by atoms with Gasteiger partial charge in [-0.1, -0.05) is 40.5 Å². The van der Waals surface area contributed by atoms with Crippen molar-refractivity contribution in [2.75, 3.05) is 18.6 Å². The van der Waals surface area contributed by atoms with Crippen LogP contribution in [0.1, 0.15) is 43.6 Å². The van der Waals surface area contributed by atoms with E-state index >= 15 is 0 Å². The molecule has 0 unspecified atom stereocenters. The van der Waals surface area contributed by atoms with Crippen LogP contribution in [0.5, 0.6) is 0 Å². The highest BCUT2D eigenvalue weighted by atomic mass is 79.9. The minimum Gasteiger partial charge on any atom is -0.314 e. The Morgan fingerprint density at radius 2 is 2.00 bits per heavy atom. The predicted octanol–water partition coefficient (Wildman–Crippen LogP) is 4.82. The van der Waals surface area contributed by atoms with Gasteiger partial charge in [-0.15, -0.1) is 0 Å². The Morgan fingerprint density at radius 3 is 2.74 bits per heavy atom. The normalized spacial score (nSPS) is 22.2. The molecule has 19 heavy (non-hydrogen) atoms. The Balaban J connectivity index is 1.58. The zero-order chi connectivity index (χ0) is 13.5. The van der Waals surface area contributed by atoms with Crippen molar-refractivity contribution in [1.29, 1.82) is 0 Å². The molecule has 1 aliphatic carbocycles. The summed E-state index contributed by atoms with van der Waals surface area (Å²) in [5.41, 5.74) is 1.49. The van der Waals surface area contributed by atoms with Gasteiger partial charge < -0.3 is 5.32 Å². The Labute approximate surface area is 130 Å². The number of halogens is 1. The fraction of sp³-hybridized carbons (Fsp3) is 0.625. The molecule has 0 saturated heterocycles. The van der Waals surface area contributed by atoms with Crippen molar-refractivity contribution in [1.82, 2.24) is 5.32 Å². The molecule has 0 heterocycles. The van der Waals surface area contributed by atoms with E-state index in [0.29, 0.717) is 0 Å². The van der Waals surface area contributed by atoms with Gasteiger partial charge in [0.1, 0.15) is 0 Å². The molecule has 0 bridgehead atoms. The number of benzene rings is 1. The fourth-order valence-corrected chi connectivity index (χ4v) is 3.80. The van der Waals surface area contributed by atoms with Crippen LogP contribution in [0.3, 0.4) is 0 Å². The molecule has 1 fully saturated rings. The summed E-state index contributed by atoms with van der Waals surface area (Å²) in [6.45, 7) is 1.20. The molecule has 0 spiro atoms. The molecule has 0 radical (unpaired) electrons. The lowest BCUT2D eigenvalue weighted by atomic mass is 9.76. The predicted molar refractivity (Wildman–Crippen MR) is 90.1 cm³/mol. The maximum absolute atomic E-state index is 3.69. The summed E-state index contributed by atoms with van der Waals surface area (Å²) in [6, 6.07) is 9.40. The quantitative estimate of drug-likeness (QED) is 0.680. The third-order valence-corrected chi connectivity index (χ3v) is 5.36. The van der Waals surface area contributed by atoms with E-state index < -0.39 is 0 Å². The van der Waals surface area contributed by atoms with Crippen LogP contribution in [0.15, 0.2) is 28.7 Å². The maximum Gasteiger partial charge on any atom is 0.0210 e. The molecular weight excluding hydrogens is 318 g/mol. The second-order valence-corrected chi connectivity index (χ2v) is 7.23. The van der Waals surface area contributed by atoms with Gasteiger partial charge in [-0.2, -0.15) is 11.8 Å². The Morgan fingerprint density at radius 1 is 1.21 bits per heavy atom. The highest BCUT2D eigenvalue weighted by Crippen LogP contribution is 2.39. The van der Waals surface area contributed by atoms with Crippen molar-refractivity contribution >= 4 is 27.7 Å². The third-order valence-electron chi connectivity index (χ3n) is 3.94. The van der Waals surface area contributed by atoms with Gasteiger partial charge >= 0.3 is 0 Å². The number of thioether (sulfide) groups is 1. The van der Waals surface area contributed by atoms with Gasteiger partial charge in [-0.05, 0) is 61.8 Å². The van der Waals surface area contributed by atoms with E-state index in [1.165, 1.54) is 54.4 Å². The molecule has 1 aromatic carbocycles. The average Bonchev–Trinajstić information content (AvgIpc) is 2.37. The van der Waals surface area contributed by atoms with Crippen LogP contribution in [0.25, 0.3) is 0 Å². The second-order valence-electron chi connectivity index (χ2n) is 5.39. The standard InChI is InChI=1S/C16H24BrNS/c1-19-10-6-2-5-9-18-14-11-13(12-14)15-7-3-4-8-16(15)17/h3-4,7-8,13-14,18H,2,5-6,9-12H2,1H3. The number of hydrogen-bond acceptors (Lipinski definition) is 2. The molecule has 0 amide bonds. The Kier molecular flexibility index (Phi) is 6.75. The van der Waals surface area contributed by atoms with Crippen LogP contribution < -0.4 is 5.32 Å². The van der Waals surface area contributed by atoms with E-state index in [4.69, 9.17) is 0 Å². The molecule has 106 valence electrons. The molecule has 2 rings (SSSR count). The summed E-state index contributed by atoms with van der Waals surface area (Å²) in [5.74, 6) is 2.07. The molecule has 3 heteroatoms. The summed E-state index contributed by atoms with van der Waals surface area (Å²) in [4.78, 5) is 0. The van der Waals surface area contributed by atoms with Gasteiger partial charge in [0.25, 0.3) is 0 Å². The van der Waals surface area contributed by atoms with Crippen LogP contribution in [-0.2, 0) is 0 Å². The largest absolute Gasteiger partial charge is 0.314 e. The van der Waals surface area contributed by atoms with Crippen LogP contribution in [0, 0.1) is 0 Å². The Hall–Kier alpha value is 0.01000. The second kappa shape index (κ2) is 8.33. The van der Waals surface area contributed by atoms with Crippen molar-refractivity contribution in [3.63, 3.8) is 0 Å².